The summed E-state index contributed by atoms with van der Waals surface area (Å²) in [5, 5.41) is 14.1. The summed E-state index contributed by atoms with van der Waals surface area (Å²) in [7, 11) is 0. The smallest absolute Gasteiger partial charge is 0.326 e. The highest BCUT2D eigenvalue weighted by Gasteiger charge is 2.20. The molecule has 2 aromatic heterocycles. The van der Waals surface area contributed by atoms with Crippen molar-refractivity contribution in [1.29, 1.82) is 0 Å². The van der Waals surface area contributed by atoms with Crippen LogP contribution in [0.3, 0.4) is 0 Å². The second kappa shape index (κ2) is 7.08. The van der Waals surface area contributed by atoms with E-state index in [0.29, 0.717) is 18.7 Å². The predicted octanol–water partition coefficient (Wildman–Crippen LogP) is -0.330. The number of urea groups is 1. The third kappa shape index (κ3) is 4.64. The molecule has 5 N–H and O–H groups in total. The largest absolute Gasteiger partial charge is 0.480 e. The average molecular weight is 292 g/mol. The van der Waals surface area contributed by atoms with Crippen LogP contribution in [0, 0.1) is 0 Å². The fourth-order valence-electron chi connectivity index (χ4n) is 1.76. The third-order valence-corrected chi connectivity index (χ3v) is 2.82. The van der Waals surface area contributed by atoms with Crippen molar-refractivity contribution in [3.8, 4) is 0 Å². The van der Waals surface area contributed by atoms with Gasteiger partial charge < -0.3 is 25.7 Å². The van der Waals surface area contributed by atoms with E-state index in [1.165, 1.54) is 12.5 Å². The van der Waals surface area contributed by atoms with Gasteiger partial charge in [-0.05, 0) is 0 Å². The molecule has 0 unspecified atom stereocenters. The average Bonchev–Trinajstić information content (AvgIpc) is 3.10. The molecule has 21 heavy (non-hydrogen) atoms. The zero-order chi connectivity index (χ0) is 15.1. The number of hydrogen-bond donors (Lipinski definition) is 5. The molecular formula is C12H16N6O3. The Morgan fingerprint density at radius 3 is 2.43 bits per heavy atom. The van der Waals surface area contributed by atoms with Crippen LogP contribution in [0.2, 0.25) is 0 Å². The number of nitrogens with zero attached hydrogens (tertiary/aromatic N) is 2. The minimum Gasteiger partial charge on any atom is -0.480 e. The van der Waals surface area contributed by atoms with Crippen molar-refractivity contribution < 1.29 is 14.7 Å². The van der Waals surface area contributed by atoms with Crippen molar-refractivity contribution in [2.24, 2.45) is 0 Å². The summed E-state index contributed by atoms with van der Waals surface area (Å²) in [6.07, 6.45) is 6.93. The summed E-state index contributed by atoms with van der Waals surface area (Å²) in [5.74, 6) is -1.10. The van der Waals surface area contributed by atoms with Crippen LogP contribution in [0.5, 0.6) is 0 Å². The number of amides is 2. The monoisotopic (exact) mass is 292 g/mol. The molecule has 0 spiro atoms. The summed E-state index contributed by atoms with van der Waals surface area (Å²) >= 11 is 0. The number of carboxylic acids is 1. The molecule has 2 heterocycles. The van der Waals surface area contributed by atoms with Gasteiger partial charge in [-0.25, -0.2) is 19.6 Å². The van der Waals surface area contributed by atoms with E-state index in [1.54, 1.807) is 12.5 Å². The summed E-state index contributed by atoms with van der Waals surface area (Å²) in [6, 6.07) is -1.54. The lowest BCUT2D eigenvalue weighted by atomic mass is 10.2. The molecule has 0 saturated heterocycles. The molecule has 0 aliphatic heterocycles. The van der Waals surface area contributed by atoms with Gasteiger partial charge in [-0.2, -0.15) is 0 Å². The number of aromatic amines is 2. The number of aromatic nitrogens is 4. The van der Waals surface area contributed by atoms with Gasteiger partial charge in [-0.3, -0.25) is 0 Å². The van der Waals surface area contributed by atoms with E-state index in [1.807, 2.05) is 0 Å². The van der Waals surface area contributed by atoms with Crippen molar-refractivity contribution in [3.63, 3.8) is 0 Å². The molecule has 2 amide bonds. The van der Waals surface area contributed by atoms with E-state index in [-0.39, 0.29) is 6.42 Å². The van der Waals surface area contributed by atoms with E-state index >= 15 is 0 Å². The first-order chi connectivity index (χ1) is 10.1. The molecule has 0 aromatic carbocycles. The molecule has 9 heteroatoms. The Morgan fingerprint density at radius 2 is 1.86 bits per heavy atom. The van der Waals surface area contributed by atoms with Crippen LogP contribution < -0.4 is 10.6 Å². The van der Waals surface area contributed by atoms with Gasteiger partial charge in [0, 0.05) is 43.2 Å². The Bertz CT molecular complexity index is 566. The standard InChI is InChI=1S/C12H16N6O3/c19-11(20)10(3-9-5-14-7-17-9)18-12(21)15-2-1-8-4-13-6-16-8/h4-7,10H,1-3H2,(H,13,16)(H,14,17)(H,19,20)(H2,15,18,21)/t10-/m1/s1. The molecule has 0 radical (unpaired) electrons. The lowest BCUT2D eigenvalue weighted by Gasteiger charge is -2.14. The van der Waals surface area contributed by atoms with Gasteiger partial charge in [0.2, 0.25) is 0 Å². The number of hydrogen-bond acceptors (Lipinski definition) is 4. The SMILES string of the molecule is O=C(NCCc1cnc[nH]1)N[C@H](Cc1cnc[nH]1)C(=O)O. The first-order valence-corrected chi connectivity index (χ1v) is 6.37. The van der Waals surface area contributed by atoms with Crippen LogP contribution in [0.15, 0.2) is 25.0 Å². The molecule has 0 saturated carbocycles. The molecule has 0 bridgehead atoms. The molecule has 1 atom stereocenters. The normalized spacial score (nSPS) is 11.8. The van der Waals surface area contributed by atoms with E-state index in [0.717, 1.165) is 5.69 Å². The van der Waals surface area contributed by atoms with Crippen LogP contribution >= 0.6 is 0 Å². The summed E-state index contributed by atoms with van der Waals surface area (Å²) in [5.41, 5.74) is 1.53. The molecule has 112 valence electrons. The maximum Gasteiger partial charge on any atom is 0.326 e. The number of carbonyl (C=O) groups is 2. The number of rotatable bonds is 7. The number of nitrogens with one attached hydrogen (secondary N) is 4. The number of imidazole rings is 2. The molecule has 0 fully saturated rings. The van der Waals surface area contributed by atoms with Gasteiger partial charge in [-0.15, -0.1) is 0 Å². The van der Waals surface area contributed by atoms with Crippen molar-refractivity contribution in [2.75, 3.05) is 6.54 Å². The second-order valence-electron chi connectivity index (χ2n) is 4.40. The zero-order valence-corrected chi connectivity index (χ0v) is 11.2. The molecule has 9 nitrogen and oxygen atoms in total. The molecule has 2 aromatic rings. The van der Waals surface area contributed by atoms with Crippen molar-refractivity contribution in [3.05, 3.63) is 36.4 Å². The van der Waals surface area contributed by atoms with Gasteiger partial charge in [0.25, 0.3) is 0 Å². The quantitative estimate of drug-likeness (QED) is 0.476. The van der Waals surface area contributed by atoms with Crippen LogP contribution in [0.1, 0.15) is 11.4 Å². The number of carbonyl (C=O) groups excluding carboxylic acids is 1. The lowest BCUT2D eigenvalue weighted by molar-refractivity contribution is -0.139. The molecule has 0 aliphatic carbocycles. The number of H-pyrrole nitrogens is 2. The van der Waals surface area contributed by atoms with Gasteiger partial charge in [0.15, 0.2) is 0 Å². The number of aliphatic carboxylic acids is 1. The van der Waals surface area contributed by atoms with Crippen molar-refractivity contribution in [1.82, 2.24) is 30.6 Å². The van der Waals surface area contributed by atoms with Crippen molar-refractivity contribution >= 4 is 12.0 Å². The maximum absolute atomic E-state index is 11.7. The lowest BCUT2D eigenvalue weighted by Crippen LogP contribution is -2.47. The van der Waals surface area contributed by atoms with Gasteiger partial charge in [0.05, 0.1) is 12.7 Å². The Balaban J connectivity index is 1.76. The Morgan fingerprint density at radius 1 is 1.19 bits per heavy atom. The Labute approximate surface area is 120 Å². The minimum atomic E-state index is -1.10. The van der Waals surface area contributed by atoms with E-state index in [4.69, 9.17) is 5.11 Å². The highest BCUT2D eigenvalue weighted by atomic mass is 16.4. The van der Waals surface area contributed by atoms with Gasteiger partial charge in [0.1, 0.15) is 6.04 Å². The minimum absolute atomic E-state index is 0.142. The van der Waals surface area contributed by atoms with E-state index < -0.39 is 18.0 Å². The van der Waals surface area contributed by atoms with Gasteiger partial charge in [-0.1, -0.05) is 0 Å². The van der Waals surface area contributed by atoms with Crippen LogP contribution in [0.4, 0.5) is 4.79 Å². The summed E-state index contributed by atoms with van der Waals surface area (Å²) in [6.45, 7) is 0.379. The van der Waals surface area contributed by atoms with Gasteiger partial charge >= 0.3 is 12.0 Å². The second-order valence-corrected chi connectivity index (χ2v) is 4.40. The molecule has 0 aliphatic rings. The van der Waals surface area contributed by atoms with Crippen LogP contribution in [-0.4, -0.2) is 49.6 Å². The van der Waals surface area contributed by atoms with E-state index in [2.05, 4.69) is 30.6 Å². The predicted molar refractivity (Wildman–Crippen MR) is 72.5 cm³/mol. The first-order valence-electron chi connectivity index (χ1n) is 6.37. The highest BCUT2D eigenvalue weighted by Crippen LogP contribution is 1.99. The fraction of sp³-hybridized carbons (Fsp3) is 0.333. The Kier molecular flexibility index (Phi) is 4.91. The molecular weight excluding hydrogens is 276 g/mol. The van der Waals surface area contributed by atoms with E-state index in [9.17, 15) is 9.59 Å². The fourth-order valence-corrected chi connectivity index (χ4v) is 1.76. The third-order valence-electron chi connectivity index (χ3n) is 2.82. The Hall–Kier alpha value is -2.84. The molecule has 2 rings (SSSR count). The highest BCUT2D eigenvalue weighted by molar-refractivity contribution is 5.82. The maximum atomic E-state index is 11.7. The number of carboxylic acid groups (broad SMARTS) is 1. The first kappa shape index (κ1) is 14.6. The summed E-state index contributed by atoms with van der Waals surface area (Å²) < 4.78 is 0. The zero-order valence-electron chi connectivity index (χ0n) is 11.2. The topological polar surface area (TPSA) is 136 Å². The van der Waals surface area contributed by atoms with Crippen LogP contribution in [-0.2, 0) is 17.6 Å². The van der Waals surface area contributed by atoms with Crippen molar-refractivity contribution in [2.45, 2.75) is 18.9 Å². The summed E-state index contributed by atoms with van der Waals surface area (Å²) in [4.78, 5) is 36.2. The van der Waals surface area contributed by atoms with Crippen LogP contribution in [0.25, 0.3) is 0 Å².